The molecule has 2 N–H and O–H groups in total. The smallest absolute Gasteiger partial charge is 0.243 e. The molecule has 1 aromatic rings. The van der Waals surface area contributed by atoms with E-state index in [0.29, 0.717) is 18.5 Å². The van der Waals surface area contributed by atoms with Gasteiger partial charge in [0.15, 0.2) is 5.96 Å². The molecule has 0 saturated carbocycles. The Balaban J connectivity index is 0.00000450. The van der Waals surface area contributed by atoms with E-state index in [9.17, 15) is 4.79 Å². The summed E-state index contributed by atoms with van der Waals surface area (Å²) in [6, 6.07) is 0.685. The summed E-state index contributed by atoms with van der Waals surface area (Å²) in [5.41, 5.74) is 0. The van der Waals surface area contributed by atoms with E-state index in [4.69, 9.17) is 0 Å². The molecule has 0 radical (unpaired) electrons. The van der Waals surface area contributed by atoms with Crippen molar-refractivity contribution in [2.75, 3.05) is 46.8 Å². The second-order valence-corrected chi connectivity index (χ2v) is 7.83. The van der Waals surface area contributed by atoms with Gasteiger partial charge in [0.25, 0.3) is 0 Å². The van der Waals surface area contributed by atoms with Gasteiger partial charge in [-0.1, -0.05) is 13.3 Å². The number of nitrogens with zero attached hydrogens (tertiary/aromatic N) is 6. The molecule has 1 fully saturated rings. The van der Waals surface area contributed by atoms with Gasteiger partial charge in [0.05, 0.1) is 0 Å². The number of halogens is 1. The predicted molar refractivity (Wildman–Crippen MR) is 131 cm³/mol. The van der Waals surface area contributed by atoms with Gasteiger partial charge in [-0.25, -0.2) is 4.99 Å². The fourth-order valence-corrected chi connectivity index (χ4v) is 3.48. The lowest BCUT2D eigenvalue weighted by molar-refractivity contribution is -0.127. The number of aliphatic imine (C=N–C) groups is 1. The number of hydrogen-bond donors (Lipinski definition) is 2. The van der Waals surface area contributed by atoms with Crippen molar-refractivity contribution in [1.29, 1.82) is 0 Å². The number of carbonyl (C=O) groups excluding carboxylic acids is 1. The number of hydrogen-bond acceptors (Lipinski definition) is 5. The average molecular weight is 534 g/mol. The fraction of sp³-hybridized carbons (Fsp3) is 0.800. The summed E-state index contributed by atoms with van der Waals surface area (Å²) in [5.74, 6) is 1.63. The van der Waals surface area contributed by atoms with Crippen LogP contribution in [-0.4, -0.2) is 89.3 Å². The molecular formula is C20H39IN8O. The first-order chi connectivity index (χ1) is 14.0. The maximum Gasteiger partial charge on any atom is 0.243 e. The summed E-state index contributed by atoms with van der Waals surface area (Å²) in [6.45, 7) is 9.10. The van der Waals surface area contributed by atoms with Gasteiger partial charge in [0.2, 0.25) is 5.91 Å². The third kappa shape index (κ3) is 9.15. The number of amides is 1. The third-order valence-corrected chi connectivity index (χ3v) is 5.38. The van der Waals surface area contributed by atoms with Gasteiger partial charge in [0, 0.05) is 52.7 Å². The second-order valence-electron chi connectivity index (χ2n) is 7.83. The molecule has 1 amide bonds. The number of aryl methyl sites for hydroxylation is 1. The lowest BCUT2D eigenvalue weighted by Gasteiger charge is -2.33. The van der Waals surface area contributed by atoms with E-state index >= 15 is 0 Å². The minimum absolute atomic E-state index is 0. The first-order valence-electron chi connectivity index (χ1n) is 10.8. The molecule has 2 rings (SSSR count). The van der Waals surface area contributed by atoms with E-state index in [-0.39, 0.29) is 36.4 Å². The van der Waals surface area contributed by atoms with Crippen molar-refractivity contribution in [2.24, 2.45) is 4.99 Å². The molecule has 0 bridgehead atoms. The van der Waals surface area contributed by atoms with Gasteiger partial charge in [-0.3, -0.25) is 4.79 Å². The van der Waals surface area contributed by atoms with Crippen molar-refractivity contribution in [1.82, 2.24) is 35.2 Å². The van der Waals surface area contributed by atoms with E-state index in [1.54, 1.807) is 25.3 Å². The average Bonchev–Trinajstić information content (AvgIpc) is 3.17. The Labute approximate surface area is 198 Å². The topological polar surface area (TPSA) is 90.7 Å². The standard InChI is InChI=1S/C20H38N8O.HI/c1-5-18-25-24-16-28(18)14-11-22-20(23-15-19(29)26(3)4)21-10-8-13-27-12-7-6-9-17(27)2;/h16-17H,5-15H2,1-4H3,(H2,21,22,23);1H. The Kier molecular flexibility index (Phi) is 12.9. The van der Waals surface area contributed by atoms with Gasteiger partial charge in [0.1, 0.15) is 18.7 Å². The maximum atomic E-state index is 11.9. The molecule has 0 spiro atoms. The summed E-state index contributed by atoms with van der Waals surface area (Å²) in [5, 5.41) is 14.8. The van der Waals surface area contributed by atoms with Crippen LogP contribution < -0.4 is 10.6 Å². The fourth-order valence-electron chi connectivity index (χ4n) is 3.48. The number of guanidine groups is 1. The molecule has 1 atom stereocenters. The van der Waals surface area contributed by atoms with Crippen molar-refractivity contribution in [3.8, 4) is 0 Å². The Hall–Kier alpha value is -1.43. The lowest BCUT2D eigenvalue weighted by Crippen LogP contribution is -2.42. The minimum atomic E-state index is -0.0136. The molecule has 9 nitrogen and oxygen atoms in total. The summed E-state index contributed by atoms with van der Waals surface area (Å²) < 4.78 is 2.04. The van der Waals surface area contributed by atoms with E-state index in [2.05, 4.69) is 44.6 Å². The number of rotatable bonds is 10. The monoisotopic (exact) mass is 534 g/mol. The Morgan fingerprint density at radius 1 is 1.27 bits per heavy atom. The minimum Gasteiger partial charge on any atom is -0.356 e. The normalized spacial score (nSPS) is 17.3. The molecule has 1 unspecified atom stereocenters. The van der Waals surface area contributed by atoms with Crippen molar-refractivity contribution < 1.29 is 4.79 Å². The van der Waals surface area contributed by atoms with Crippen LogP contribution in [0, 0.1) is 0 Å². The Morgan fingerprint density at radius 3 is 2.73 bits per heavy atom. The van der Waals surface area contributed by atoms with Gasteiger partial charge in [-0.2, -0.15) is 0 Å². The van der Waals surface area contributed by atoms with E-state index in [0.717, 1.165) is 38.3 Å². The molecule has 1 saturated heterocycles. The molecule has 2 heterocycles. The van der Waals surface area contributed by atoms with Gasteiger partial charge in [-0.15, -0.1) is 34.2 Å². The van der Waals surface area contributed by atoms with Gasteiger partial charge >= 0.3 is 0 Å². The highest BCUT2D eigenvalue weighted by Crippen LogP contribution is 2.15. The maximum absolute atomic E-state index is 11.9. The van der Waals surface area contributed by atoms with Crippen LogP contribution in [-0.2, 0) is 17.8 Å². The molecule has 10 heteroatoms. The van der Waals surface area contributed by atoms with Crippen molar-refractivity contribution in [3.63, 3.8) is 0 Å². The molecule has 1 aliphatic rings. The number of aromatic nitrogens is 3. The number of nitrogens with one attached hydrogen (secondary N) is 2. The molecule has 1 aliphatic heterocycles. The Morgan fingerprint density at radius 2 is 2.03 bits per heavy atom. The lowest BCUT2D eigenvalue weighted by atomic mass is 10.0. The van der Waals surface area contributed by atoms with Crippen LogP contribution in [0.2, 0.25) is 0 Å². The quantitative estimate of drug-likeness (QED) is 0.204. The van der Waals surface area contributed by atoms with Crippen LogP contribution in [0.5, 0.6) is 0 Å². The van der Waals surface area contributed by atoms with Crippen molar-refractivity contribution in [3.05, 3.63) is 12.2 Å². The zero-order valence-electron chi connectivity index (χ0n) is 18.9. The summed E-state index contributed by atoms with van der Waals surface area (Å²) in [4.78, 5) is 20.5. The van der Waals surface area contributed by atoms with Crippen LogP contribution in [0.15, 0.2) is 11.3 Å². The van der Waals surface area contributed by atoms with Crippen LogP contribution in [0.4, 0.5) is 0 Å². The van der Waals surface area contributed by atoms with E-state index in [1.165, 1.54) is 25.8 Å². The number of piperidine rings is 1. The number of likely N-dealkylation sites (tertiary alicyclic amines) is 1. The highest BCUT2D eigenvalue weighted by atomic mass is 127. The molecule has 0 aliphatic carbocycles. The number of likely N-dealkylation sites (N-methyl/N-ethyl adjacent to an activating group) is 1. The first-order valence-corrected chi connectivity index (χ1v) is 10.8. The molecule has 172 valence electrons. The molecule has 30 heavy (non-hydrogen) atoms. The Bertz CT molecular complexity index is 649. The molecule has 0 aromatic carbocycles. The van der Waals surface area contributed by atoms with Gasteiger partial charge in [-0.05, 0) is 32.7 Å². The summed E-state index contributed by atoms with van der Waals surface area (Å²) >= 11 is 0. The highest BCUT2D eigenvalue weighted by molar-refractivity contribution is 14.0. The highest BCUT2D eigenvalue weighted by Gasteiger charge is 2.17. The summed E-state index contributed by atoms with van der Waals surface area (Å²) in [6.07, 6.45) is 7.62. The third-order valence-electron chi connectivity index (χ3n) is 5.38. The van der Waals surface area contributed by atoms with Crippen LogP contribution in [0.1, 0.15) is 45.4 Å². The van der Waals surface area contributed by atoms with Gasteiger partial charge < -0.3 is 25.0 Å². The first kappa shape index (κ1) is 26.6. The van der Waals surface area contributed by atoms with Crippen LogP contribution in [0.3, 0.4) is 0 Å². The van der Waals surface area contributed by atoms with Crippen molar-refractivity contribution >= 4 is 35.8 Å². The molecule has 1 aromatic heterocycles. The van der Waals surface area contributed by atoms with Crippen LogP contribution in [0.25, 0.3) is 0 Å². The largest absolute Gasteiger partial charge is 0.356 e. The molecular weight excluding hydrogens is 495 g/mol. The van der Waals surface area contributed by atoms with Crippen molar-refractivity contribution in [2.45, 2.75) is 58.5 Å². The van der Waals surface area contributed by atoms with E-state index < -0.39 is 0 Å². The van der Waals surface area contributed by atoms with E-state index in [1.807, 2.05) is 4.57 Å². The predicted octanol–water partition coefficient (Wildman–Crippen LogP) is 1.35. The zero-order chi connectivity index (χ0) is 21.1. The zero-order valence-corrected chi connectivity index (χ0v) is 21.3. The SMILES string of the molecule is CCc1nncn1CCNC(=NCC(=O)N(C)C)NCCCN1CCCCC1C.I. The van der Waals surface area contributed by atoms with Crippen LogP contribution >= 0.6 is 24.0 Å². The second kappa shape index (κ2) is 14.6. The summed E-state index contributed by atoms with van der Waals surface area (Å²) in [7, 11) is 3.49. The number of carbonyl (C=O) groups is 1.